The fraction of sp³-hybridized carbons (Fsp3) is 0.769. The summed E-state index contributed by atoms with van der Waals surface area (Å²) in [5.41, 5.74) is 0. The van der Waals surface area contributed by atoms with Gasteiger partial charge in [0.15, 0.2) is 5.89 Å². The van der Waals surface area contributed by atoms with Gasteiger partial charge in [-0.25, -0.2) is 13.8 Å². The van der Waals surface area contributed by atoms with Crippen molar-refractivity contribution in [3.8, 4) is 0 Å². The molecule has 1 aliphatic carbocycles. The van der Waals surface area contributed by atoms with Gasteiger partial charge in [-0.15, -0.1) is 0 Å². The van der Waals surface area contributed by atoms with E-state index in [9.17, 15) is 8.78 Å². The Bertz CT molecular complexity index is 369. The van der Waals surface area contributed by atoms with Gasteiger partial charge >= 0.3 is 0 Å². The number of rotatable bonds is 5. The first-order valence-electron chi connectivity index (χ1n) is 6.64. The van der Waals surface area contributed by atoms with Gasteiger partial charge in [0, 0.05) is 31.7 Å². The lowest BCUT2D eigenvalue weighted by Crippen LogP contribution is -2.23. The lowest BCUT2D eigenvalue weighted by molar-refractivity contribution is -0.0395. The van der Waals surface area contributed by atoms with Crippen molar-refractivity contribution in [2.24, 2.45) is 0 Å². The molecule has 0 aliphatic heterocycles. The van der Waals surface area contributed by atoms with Crippen molar-refractivity contribution >= 4 is 0 Å². The molecule has 0 saturated heterocycles. The van der Waals surface area contributed by atoms with Gasteiger partial charge in [0.25, 0.3) is 0 Å². The van der Waals surface area contributed by atoms with E-state index in [0.29, 0.717) is 18.7 Å². The zero-order valence-electron chi connectivity index (χ0n) is 10.7. The van der Waals surface area contributed by atoms with Crippen molar-refractivity contribution in [3.63, 3.8) is 0 Å². The molecule has 0 amide bonds. The Balaban J connectivity index is 1.86. The highest BCUT2D eigenvalue weighted by Gasteiger charge is 2.36. The molecule has 3 nitrogen and oxygen atoms in total. The first-order chi connectivity index (χ1) is 8.61. The van der Waals surface area contributed by atoms with Gasteiger partial charge in [0.2, 0.25) is 5.92 Å². The lowest BCUT2D eigenvalue weighted by Gasteiger charge is -2.26. The third kappa shape index (κ3) is 3.51. The monoisotopic (exact) mass is 258 g/mol. The maximum absolute atomic E-state index is 13.0. The number of nitrogens with zero attached hydrogens (tertiary/aromatic N) is 1. The molecule has 1 aliphatic rings. The normalized spacial score (nSPS) is 20.2. The van der Waals surface area contributed by atoms with Crippen LogP contribution in [0.4, 0.5) is 8.78 Å². The molecule has 1 aromatic rings. The van der Waals surface area contributed by atoms with Gasteiger partial charge in [-0.1, -0.05) is 6.92 Å². The summed E-state index contributed by atoms with van der Waals surface area (Å²) in [5.74, 6) is -0.894. The Labute approximate surface area is 106 Å². The molecular weight excluding hydrogens is 238 g/mol. The SMILES string of the molecule is CCNCCc1ncc(C2CCC(F)(F)CC2)o1. The molecule has 0 atom stereocenters. The summed E-state index contributed by atoms with van der Waals surface area (Å²) in [5, 5.41) is 3.20. The number of aromatic nitrogens is 1. The van der Waals surface area contributed by atoms with Crippen molar-refractivity contribution in [1.82, 2.24) is 10.3 Å². The third-order valence-corrected chi connectivity index (χ3v) is 3.46. The standard InChI is InChI=1S/C13H20F2N2O/c1-2-16-8-5-12-17-9-11(18-12)10-3-6-13(14,15)7-4-10/h9-10,16H,2-8H2,1H3. The summed E-state index contributed by atoms with van der Waals surface area (Å²) in [6, 6.07) is 0. The highest BCUT2D eigenvalue weighted by Crippen LogP contribution is 2.40. The van der Waals surface area contributed by atoms with Gasteiger partial charge in [-0.05, 0) is 19.4 Å². The average Bonchev–Trinajstić information content (AvgIpc) is 2.78. The van der Waals surface area contributed by atoms with Crippen molar-refractivity contribution in [3.05, 3.63) is 17.8 Å². The molecule has 2 rings (SSSR count). The second-order valence-corrected chi connectivity index (χ2v) is 4.89. The van der Waals surface area contributed by atoms with Crippen LogP contribution < -0.4 is 5.32 Å². The van der Waals surface area contributed by atoms with Crippen LogP contribution in [-0.2, 0) is 6.42 Å². The van der Waals surface area contributed by atoms with Gasteiger partial charge in [-0.2, -0.15) is 0 Å². The number of nitrogens with one attached hydrogen (secondary N) is 1. The topological polar surface area (TPSA) is 38.1 Å². The minimum Gasteiger partial charge on any atom is -0.445 e. The smallest absolute Gasteiger partial charge is 0.248 e. The van der Waals surface area contributed by atoms with Crippen LogP contribution in [0.3, 0.4) is 0 Å². The van der Waals surface area contributed by atoms with Crippen LogP contribution in [0.1, 0.15) is 50.2 Å². The number of hydrogen-bond acceptors (Lipinski definition) is 3. The number of halogens is 2. The molecule has 0 aromatic carbocycles. The van der Waals surface area contributed by atoms with E-state index in [2.05, 4.69) is 10.3 Å². The van der Waals surface area contributed by atoms with Crippen molar-refractivity contribution < 1.29 is 13.2 Å². The molecule has 1 fully saturated rings. The van der Waals surface area contributed by atoms with E-state index in [0.717, 1.165) is 25.3 Å². The van der Waals surface area contributed by atoms with Crippen LogP contribution in [0.2, 0.25) is 0 Å². The second-order valence-electron chi connectivity index (χ2n) is 4.89. The lowest BCUT2D eigenvalue weighted by atomic mass is 9.85. The first-order valence-corrected chi connectivity index (χ1v) is 6.64. The van der Waals surface area contributed by atoms with Crippen molar-refractivity contribution in [2.75, 3.05) is 13.1 Å². The van der Waals surface area contributed by atoms with Crippen LogP contribution >= 0.6 is 0 Å². The Morgan fingerprint density at radius 2 is 2.17 bits per heavy atom. The highest BCUT2D eigenvalue weighted by atomic mass is 19.3. The number of likely N-dealkylation sites (N-methyl/N-ethyl adjacent to an activating group) is 1. The van der Waals surface area contributed by atoms with E-state index < -0.39 is 5.92 Å². The molecule has 0 radical (unpaired) electrons. The molecule has 18 heavy (non-hydrogen) atoms. The van der Waals surface area contributed by atoms with E-state index in [1.807, 2.05) is 6.92 Å². The number of hydrogen-bond donors (Lipinski definition) is 1. The molecule has 102 valence electrons. The van der Waals surface area contributed by atoms with E-state index in [1.165, 1.54) is 0 Å². The minimum absolute atomic E-state index is 0.0366. The average molecular weight is 258 g/mol. The predicted molar refractivity (Wildman–Crippen MR) is 64.9 cm³/mol. The maximum atomic E-state index is 13.0. The fourth-order valence-electron chi connectivity index (χ4n) is 2.33. The molecular formula is C13H20F2N2O. The van der Waals surface area contributed by atoms with Gasteiger partial charge < -0.3 is 9.73 Å². The maximum Gasteiger partial charge on any atom is 0.248 e. The van der Waals surface area contributed by atoms with E-state index >= 15 is 0 Å². The Kier molecular flexibility index (Phi) is 4.32. The van der Waals surface area contributed by atoms with Crippen LogP contribution in [0.5, 0.6) is 0 Å². The van der Waals surface area contributed by atoms with E-state index in [1.54, 1.807) is 6.20 Å². The van der Waals surface area contributed by atoms with Crippen LogP contribution in [-0.4, -0.2) is 24.0 Å². The molecule has 5 heteroatoms. The summed E-state index contributed by atoms with van der Waals surface area (Å²) in [7, 11) is 0. The molecule has 0 bridgehead atoms. The van der Waals surface area contributed by atoms with Crippen LogP contribution in [0.25, 0.3) is 0 Å². The number of alkyl halides is 2. The molecule has 0 unspecified atom stereocenters. The Morgan fingerprint density at radius 3 is 2.83 bits per heavy atom. The Hall–Kier alpha value is -0.970. The third-order valence-electron chi connectivity index (χ3n) is 3.46. The van der Waals surface area contributed by atoms with Crippen molar-refractivity contribution in [1.29, 1.82) is 0 Å². The minimum atomic E-state index is -2.48. The fourth-order valence-corrected chi connectivity index (χ4v) is 2.33. The van der Waals surface area contributed by atoms with Gasteiger partial charge in [0.05, 0.1) is 6.20 Å². The summed E-state index contributed by atoms with van der Waals surface area (Å²) >= 11 is 0. The van der Waals surface area contributed by atoms with Crippen LogP contribution in [0.15, 0.2) is 10.6 Å². The summed E-state index contributed by atoms with van der Waals surface area (Å²) in [6.45, 7) is 3.80. The molecule has 1 N–H and O–H groups in total. The van der Waals surface area contributed by atoms with E-state index in [-0.39, 0.29) is 18.8 Å². The molecule has 0 spiro atoms. The van der Waals surface area contributed by atoms with E-state index in [4.69, 9.17) is 4.42 Å². The summed E-state index contributed by atoms with van der Waals surface area (Å²) in [4.78, 5) is 4.21. The van der Waals surface area contributed by atoms with Crippen LogP contribution in [0, 0.1) is 0 Å². The van der Waals surface area contributed by atoms with Gasteiger partial charge in [-0.3, -0.25) is 0 Å². The molecule has 1 aromatic heterocycles. The quantitative estimate of drug-likeness (QED) is 0.825. The largest absolute Gasteiger partial charge is 0.445 e. The van der Waals surface area contributed by atoms with Gasteiger partial charge in [0.1, 0.15) is 5.76 Å². The molecule has 1 saturated carbocycles. The zero-order chi connectivity index (χ0) is 13.0. The highest BCUT2D eigenvalue weighted by molar-refractivity contribution is 5.04. The first kappa shape index (κ1) is 13.5. The van der Waals surface area contributed by atoms with Crippen molar-refractivity contribution in [2.45, 2.75) is 50.9 Å². The summed E-state index contributed by atoms with van der Waals surface area (Å²) in [6.07, 6.45) is 3.37. The zero-order valence-corrected chi connectivity index (χ0v) is 10.7. The summed E-state index contributed by atoms with van der Waals surface area (Å²) < 4.78 is 31.7. The second kappa shape index (κ2) is 5.78. The number of oxazole rings is 1. The predicted octanol–water partition coefficient (Wildman–Crippen LogP) is 3.12. The Morgan fingerprint density at radius 1 is 1.44 bits per heavy atom. The molecule has 1 heterocycles.